The molecule has 2 aromatic heterocycles. The van der Waals surface area contributed by atoms with E-state index in [1.807, 2.05) is 68.1 Å². The Morgan fingerprint density at radius 3 is 2.77 bits per heavy atom. The number of benzene rings is 2. The fraction of sp³-hybridized carbons (Fsp3) is 0.217. The minimum absolute atomic E-state index is 0.0157. The molecule has 152 valence electrons. The van der Waals surface area contributed by atoms with Gasteiger partial charge in [-0.15, -0.1) is 0 Å². The van der Waals surface area contributed by atoms with Gasteiger partial charge in [0.2, 0.25) is 5.91 Å². The summed E-state index contributed by atoms with van der Waals surface area (Å²) >= 11 is 0. The van der Waals surface area contributed by atoms with Crippen molar-refractivity contribution in [3.8, 4) is 22.6 Å². The van der Waals surface area contributed by atoms with Gasteiger partial charge >= 0.3 is 0 Å². The number of nitrogens with one attached hydrogen (secondary N) is 3. The lowest BCUT2D eigenvalue weighted by atomic mass is 10.1. The van der Waals surface area contributed by atoms with Crippen molar-refractivity contribution in [2.24, 2.45) is 7.05 Å². The number of aryl methyl sites for hydroxylation is 1. The van der Waals surface area contributed by atoms with Crippen molar-refractivity contribution < 1.29 is 9.53 Å². The Labute approximate surface area is 174 Å². The summed E-state index contributed by atoms with van der Waals surface area (Å²) in [6.45, 7) is 0.902. The molecule has 0 spiro atoms. The third kappa shape index (κ3) is 3.67. The second kappa shape index (κ2) is 7.68. The number of H-pyrrole nitrogens is 1. The lowest BCUT2D eigenvalue weighted by molar-refractivity contribution is -0.117. The molecule has 0 bridgehead atoms. The maximum absolute atomic E-state index is 12.2. The molecule has 0 aliphatic carbocycles. The van der Waals surface area contributed by atoms with Gasteiger partial charge in [-0.25, -0.2) is 0 Å². The van der Waals surface area contributed by atoms with E-state index in [-0.39, 0.29) is 11.9 Å². The van der Waals surface area contributed by atoms with E-state index in [2.05, 4.69) is 20.7 Å². The number of hydrogen-bond donors (Lipinski definition) is 3. The van der Waals surface area contributed by atoms with E-state index < -0.39 is 0 Å². The molecule has 0 radical (unpaired) electrons. The second-order valence-electron chi connectivity index (χ2n) is 7.58. The van der Waals surface area contributed by atoms with Gasteiger partial charge in [0.25, 0.3) is 0 Å². The predicted molar refractivity (Wildman–Crippen MR) is 117 cm³/mol. The SMILES string of the molecule is Cn1cc(-c2c[nH]c3ccc(Oc4ccc(NC(=O)[C@@H]5CCCN5)cc4)cc23)cn1. The molecule has 5 rings (SSSR count). The Morgan fingerprint density at radius 2 is 2.03 bits per heavy atom. The quantitative estimate of drug-likeness (QED) is 0.471. The molecule has 30 heavy (non-hydrogen) atoms. The largest absolute Gasteiger partial charge is 0.457 e. The molecule has 0 saturated carbocycles. The van der Waals surface area contributed by atoms with Crippen molar-refractivity contribution in [2.45, 2.75) is 18.9 Å². The highest BCUT2D eigenvalue weighted by Gasteiger charge is 2.21. The summed E-state index contributed by atoms with van der Waals surface area (Å²) in [4.78, 5) is 15.5. The van der Waals surface area contributed by atoms with Gasteiger partial charge in [0, 0.05) is 47.2 Å². The monoisotopic (exact) mass is 401 g/mol. The normalized spacial score (nSPS) is 16.1. The smallest absolute Gasteiger partial charge is 0.241 e. The number of nitrogens with zero attached hydrogens (tertiary/aromatic N) is 2. The zero-order chi connectivity index (χ0) is 20.5. The van der Waals surface area contributed by atoms with Crippen LogP contribution in [0.2, 0.25) is 0 Å². The van der Waals surface area contributed by atoms with E-state index in [1.54, 1.807) is 4.68 Å². The van der Waals surface area contributed by atoms with E-state index in [4.69, 9.17) is 4.74 Å². The van der Waals surface area contributed by atoms with Crippen LogP contribution in [0, 0.1) is 0 Å². The van der Waals surface area contributed by atoms with Crippen LogP contribution in [0.3, 0.4) is 0 Å². The summed E-state index contributed by atoms with van der Waals surface area (Å²) in [5.41, 5.74) is 3.95. The first-order valence-corrected chi connectivity index (χ1v) is 10.1. The standard InChI is InChI=1S/C23H23N5O2/c1-28-14-15(12-26-28)20-13-25-21-9-8-18(11-19(20)21)30-17-6-4-16(5-7-17)27-23(29)22-3-2-10-24-22/h4-9,11-14,22,24-25H,2-3,10H2,1H3,(H,27,29)/t22-/m0/s1. The maximum atomic E-state index is 12.2. The lowest BCUT2D eigenvalue weighted by Crippen LogP contribution is -2.35. The van der Waals surface area contributed by atoms with Crippen LogP contribution in [0.4, 0.5) is 5.69 Å². The molecule has 2 aromatic carbocycles. The van der Waals surface area contributed by atoms with Crippen LogP contribution < -0.4 is 15.4 Å². The van der Waals surface area contributed by atoms with Crippen LogP contribution in [-0.4, -0.2) is 33.3 Å². The molecule has 3 N–H and O–H groups in total. The highest BCUT2D eigenvalue weighted by Crippen LogP contribution is 2.32. The lowest BCUT2D eigenvalue weighted by Gasteiger charge is -2.12. The van der Waals surface area contributed by atoms with Crippen LogP contribution in [-0.2, 0) is 11.8 Å². The van der Waals surface area contributed by atoms with Gasteiger partial charge in [0.05, 0.1) is 12.2 Å². The first-order chi connectivity index (χ1) is 14.7. The topological polar surface area (TPSA) is 84.0 Å². The van der Waals surface area contributed by atoms with Crippen molar-refractivity contribution in [1.29, 1.82) is 0 Å². The Bertz CT molecular complexity index is 1190. The summed E-state index contributed by atoms with van der Waals surface area (Å²) in [6, 6.07) is 13.3. The minimum atomic E-state index is -0.0944. The number of anilines is 1. The Hall–Kier alpha value is -3.58. The van der Waals surface area contributed by atoms with Gasteiger partial charge in [-0.2, -0.15) is 5.10 Å². The molecule has 1 aliphatic heterocycles. The minimum Gasteiger partial charge on any atom is -0.457 e. The summed E-state index contributed by atoms with van der Waals surface area (Å²) in [5.74, 6) is 1.48. The molecule has 7 nitrogen and oxygen atoms in total. The molecule has 0 unspecified atom stereocenters. The van der Waals surface area contributed by atoms with E-state index >= 15 is 0 Å². The summed E-state index contributed by atoms with van der Waals surface area (Å²) in [6.07, 6.45) is 7.76. The molecular formula is C23H23N5O2. The molecule has 1 aliphatic rings. The molecule has 7 heteroatoms. The molecule has 1 amide bonds. The van der Waals surface area contributed by atoms with Crippen molar-refractivity contribution in [1.82, 2.24) is 20.1 Å². The van der Waals surface area contributed by atoms with Gasteiger partial charge < -0.3 is 20.4 Å². The molecule has 1 atom stereocenters. The number of aromatic nitrogens is 3. The Morgan fingerprint density at radius 1 is 1.20 bits per heavy atom. The van der Waals surface area contributed by atoms with Crippen LogP contribution in [0.15, 0.2) is 61.1 Å². The van der Waals surface area contributed by atoms with Crippen LogP contribution in [0.1, 0.15) is 12.8 Å². The zero-order valence-corrected chi connectivity index (χ0v) is 16.7. The van der Waals surface area contributed by atoms with Gasteiger partial charge in [0.15, 0.2) is 0 Å². The maximum Gasteiger partial charge on any atom is 0.241 e. The van der Waals surface area contributed by atoms with Crippen LogP contribution in [0.5, 0.6) is 11.5 Å². The van der Waals surface area contributed by atoms with Crippen molar-refractivity contribution in [3.63, 3.8) is 0 Å². The highest BCUT2D eigenvalue weighted by atomic mass is 16.5. The second-order valence-corrected chi connectivity index (χ2v) is 7.58. The number of carbonyl (C=O) groups excluding carboxylic acids is 1. The van der Waals surface area contributed by atoms with Crippen molar-refractivity contribution >= 4 is 22.5 Å². The third-order valence-corrected chi connectivity index (χ3v) is 5.40. The average molecular weight is 401 g/mol. The van der Waals surface area contributed by atoms with Gasteiger partial charge in [-0.1, -0.05) is 0 Å². The fourth-order valence-corrected chi connectivity index (χ4v) is 3.84. The number of ether oxygens (including phenoxy) is 1. The molecule has 3 heterocycles. The summed E-state index contributed by atoms with van der Waals surface area (Å²) < 4.78 is 7.84. The number of carbonyl (C=O) groups is 1. The number of amides is 1. The van der Waals surface area contributed by atoms with Gasteiger partial charge in [-0.3, -0.25) is 9.48 Å². The van der Waals surface area contributed by atoms with Crippen molar-refractivity contribution in [2.75, 3.05) is 11.9 Å². The predicted octanol–water partition coefficient (Wildman–Crippen LogP) is 4.05. The van der Waals surface area contributed by atoms with E-state index in [0.717, 1.165) is 52.9 Å². The van der Waals surface area contributed by atoms with Crippen LogP contribution in [0.25, 0.3) is 22.0 Å². The van der Waals surface area contributed by atoms with E-state index in [9.17, 15) is 4.79 Å². The van der Waals surface area contributed by atoms with E-state index in [1.165, 1.54) is 0 Å². The molecule has 1 fully saturated rings. The van der Waals surface area contributed by atoms with Crippen molar-refractivity contribution in [3.05, 3.63) is 61.1 Å². The first kappa shape index (κ1) is 18.4. The highest BCUT2D eigenvalue weighted by molar-refractivity contribution is 5.96. The Kier molecular flexibility index (Phi) is 4.72. The average Bonchev–Trinajstić information content (AvgIpc) is 3.49. The van der Waals surface area contributed by atoms with Gasteiger partial charge in [-0.05, 0) is 61.9 Å². The number of fused-ring (bicyclic) bond motifs is 1. The summed E-state index contributed by atoms with van der Waals surface area (Å²) in [5, 5.41) is 11.5. The van der Waals surface area contributed by atoms with E-state index in [0.29, 0.717) is 5.75 Å². The van der Waals surface area contributed by atoms with Gasteiger partial charge in [0.1, 0.15) is 11.5 Å². The fourth-order valence-electron chi connectivity index (χ4n) is 3.84. The Balaban J connectivity index is 1.32. The molecular weight excluding hydrogens is 378 g/mol. The summed E-state index contributed by atoms with van der Waals surface area (Å²) in [7, 11) is 1.91. The zero-order valence-electron chi connectivity index (χ0n) is 16.7. The third-order valence-electron chi connectivity index (χ3n) is 5.40. The van der Waals surface area contributed by atoms with Crippen LogP contribution >= 0.6 is 0 Å². The molecule has 1 saturated heterocycles. The number of aromatic amines is 1. The number of hydrogen-bond acceptors (Lipinski definition) is 4. The molecule has 4 aromatic rings. The first-order valence-electron chi connectivity index (χ1n) is 10.1. The number of rotatable bonds is 5.